The Morgan fingerprint density at radius 2 is 2.19 bits per heavy atom. The topological polar surface area (TPSA) is 38.8 Å². The van der Waals surface area contributed by atoms with Gasteiger partial charge in [-0.05, 0) is 18.7 Å². The Bertz CT molecular complexity index is 492. The maximum absolute atomic E-state index is 12.1. The maximum Gasteiger partial charge on any atom is 0.223 e. The molecule has 0 radical (unpaired) electrons. The highest BCUT2D eigenvalue weighted by Gasteiger charge is 2.29. The van der Waals surface area contributed by atoms with E-state index in [0.29, 0.717) is 12.3 Å². The number of hydrogen-bond acceptors (Lipinski definition) is 4. The van der Waals surface area contributed by atoms with E-state index in [-0.39, 0.29) is 5.91 Å². The lowest BCUT2D eigenvalue weighted by Gasteiger charge is -2.19. The van der Waals surface area contributed by atoms with Crippen LogP contribution in [0.2, 0.25) is 0 Å². The number of benzene rings is 1. The second-order valence-corrected chi connectivity index (χ2v) is 6.14. The summed E-state index contributed by atoms with van der Waals surface area (Å²) in [6.45, 7) is 1.61. The molecule has 1 aliphatic heterocycles. The summed E-state index contributed by atoms with van der Waals surface area (Å²) in [7, 11) is 3.31. The van der Waals surface area contributed by atoms with Gasteiger partial charge in [-0.15, -0.1) is 0 Å². The molecule has 2 rings (SSSR count). The molecular weight excluding hydrogens is 286 g/mol. The highest BCUT2D eigenvalue weighted by molar-refractivity contribution is 7.98. The van der Waals surface area contributed by atoms with E-state index in [1.165, 1.54) is 0 Å². The molecule has 1 aromatic carbocycles. The number of thioether (sulfide) groups is 1. The minimum atomic E-state index is 0.258. The van der Waals surface area contributed by atoms with Crippen LogP contribution in [-0.4, -0.2) is 50.1 Å². The first-order chi connectivity index (χ1) is 10.2. The van der Waals surface area contributed by atoms with E-state index in [1.807, 2.05) is 23.3 Å². The monoisotopic (exact) mass is 309 g/mol. The van der Waals surface area contributed by atoms with Gasteiger partial charge in [0.2, 0.25) is 5.91 Å². The van der Waals surface area contributed by atoms with Gasteiger partial charge in [0.1, 0.15) is 0 Å². The predicted molar refractivity (Wildman–Crippen MR) is 86.5 cm³/mol. The molecule has 1 amide bonds. The zero-order valence-corrected chi connectivity index (χ0v) is 13.7. The van der Waals surface area contributed by atoms with E-state index >= 15 is 0 Å². The number of nitrogens with zero attached hydrogens (tertiary/aromatic N) is 1. The molecule has 0 aliphatic carbocycles. The molecule has 0 bridgehead atoms. The molecule has 1 aromatic rings. The summed E-state index contributed by atoms with van der Waals surface area (Å²) in [5.74, 6) is 3.02. The van der Waals surface area contributed by atoms with E-state index in [2.05, 4.69) is 6.07 Å². The van der Waals surface area contributed by atoms with Gasteiger partial charge >= 0.3 is 0 Å². The first kappa shape index (κ1) is 16.0. The number of likely N-dealkylation sites (tertiary alicyclic amines) is 1. The van der Waals surface area contributed by atoms with Gasteiger partial charge in [0, 0.05) is 36.7 Å². The minimum absolute atomic E-state index is 0.258. The quantitative estimate of drug-likeness (QED) is 0.810. The van der Waals surface area contributed by atoms with Gasteiger partial charge in [-0.1, -0.05) is 12.1 Å². The van der Waals surface area contributed by atoms with Gasteiger partial charge in [-0.2, -0.15) is 11.8 Å². The number of para-hydroxylation sites is 1. The molecule has 116 valence electrons. The van der Waals surface area contributed by atoms with E-state index in [9.17, 15) is 4.79 Å². The normalized spacial score (nSPS) is 17.9. The number of amides is 1. The molecular formula is C16H23NO3S. The van der Waals surface area contributed by atoms with Crippen molar-refractivity contribution in [2.24, 2.45) is 0 Å². The molecule has 1 fully saturated rings. The summed E-state index contributed by atoms with van der Waals surface area (Å²) in [5.41, 5.74) is 1.14. The first-order valence-corrected chi connectivity index (χ1v) is 8.58. The summed E-state index contributed by atoms with van der Waals surface area (Å²) < 4.78 is 10.9. The predicted octanol–water partition coefficient (Wildman–Crippen LogP) is 2.77. The van der Waals surface area contributed by atoms with Crippen molar-refractivity contribution in [1.29, 1.82) is 0 Å². The third-order valence-electron chi connectivity index (χ3n) is 3.93. The number of rotatable bonds is 6. The highest BCUT2D eigenvalue weighted by Crippen LogP contribution is 2.39. The molecule has 1 atom stereocenters. The molecule has 1 saturated heterocycles. The molecule has 1 unspecified atom stereocenters. The Balaban J connectivity index is 2.09. The molecule has 0 aromatic heterocycles. The molecule has 0 saturated carbocycles. The SMILES string of the molecule is COc1cccc(C2CCN(C(=O)CCSC)C2)c1OC. The van der Waals surface area contributed by atoms with E-state index in [0.717, 1.165) is 42.3 Å². The van der Waals surface area contributed by atoms with Crippen molar-refractivity contribution in [2.75, 3.05) is 39.3 Å². The fourth-order valence-electron chi connectivity index (χ4n) is 2.82. The molecule has 0 spiro atoms. The van der Waals surface area contributed by atoms with Gasteiger partial charge in [0.05, 0.1) is 14.2 Å². The first-order valence-electron chi connectivity index (χ1n) is 7.18. The van der Waals surface area contributed by atoms with Gasteiger partial charge < -0.3 is 14.4 Å². The van der Waals surface area contributed by atoms with Crippen molar-refractivity contribution in [1.82, 2.24) is 4.90 Å². The van der Waals surface area contributed by atoms with Crippen molar-refractivity contribution >= 4 is 17.7 Å². The average molecular weight is 309 g/mol. The van der Waals surface area contributed by atoms with Crippen LogP contribution in [0, 0.1) is 0 Å². The van der Waals surface area contributed by atoms with Crippen LogP contribution in [0.4, 0.5) is 0 Å². The molecule has 5 heteroatoms. The molecule has 0 N–H and O–H groups in total. The number of ether oxygens (including phenoxy) is 2. The zero-order chi connectivity index (χ0) is 15.2. The lowest BCUT2D eigenvalue weighted by molar-refractivity contribution is -0.129. The fraction of sp³-hybridized carbons (Fsp3) is 0.562. The van der Waals surface area contributed by atoms with Crippen LogP contribution in [0.15, 0.2) is 18.2 Å². The number of methoxy groups -OCH3 is 2. The standard InChI is InChI=1S/C16H23NO3S/c1-19-14-6-4-5-13(16(14)20-2)12-7-9-17(11-12)15(18)8-10-21-3/h4-6,12H,7-11H2,1-3H3. The van der Waals surface area contributed by atoms with Crippen LogP contribution in [0.25, 0.3) is 0 Å². The third kappa shape index (κ3) is 3.64. The second kappa shape index (κ2) is 7.59. The van der Waals surface area contributed by atoms with Crippen LogP contribution in [0.3, 0.4) is 0 Å². The number of hydrogen-bond donors (Lipinski definition) is 0. The van der Waals surface area contributed by atoms with E-state index in [4.69, 9.17) is 9.47 Å². The smallest absolute Gasteiger partial charge is 0.223 e. The molecule has 1 heterocycles. The molecule has 1 aliphatic rings. The van der Waals surface area contributed by atoms with Gasteiger partial charge in [-0.3, -0.25) is 4.79 Å². The Hall–Kier alpha value is -1.36. The van der Waals surface area contributed by atoms with E-state index < -0.39 is 0 Å². The average Bonchev–Trinajstić information content (AvgIpc) is 3.01. The van der Waals surface area contributed by atoms with Crippen molar-refractivity contribution < 1.29 is 14.3 Å². The summed E-state index contributed by atoms with van der Waals surface area (Å²) in [6.07, 6.45) is 3.64. The van der Waals surface area contributed by atoms with Crippen LogP contribution in [0.5, 0.6) is 11.5 Å². The Morgan fingerprint density at radius 3 is 2.86 bits per heavy atom. The number of carbonyl (C=O) groups excluding carboxylic acids is 1. The lowest BCUT2D eigenvalue weighted by atomic mass is 9.97. The van der Waals surface area contributed by atoms with Crippen LogP contribution in [0.1, 0.15) is 24.3 Å². The van der Waals surface area contributed by atoms with Crippen LogP contribution >= 0.6 is 11.8 Å². The van der Waals surface area contributed by atoms with Crippen molar-refractivity contribution in [3.05, 3.63) is 23.8 Å². The zero-order valence-electron chi connectivity index (χ0n) is 12.9. The molecule has 21 heavy (non-hydrogen) atoms. The Kier molecular flexibility index (Phi) is 5.79. The summed E-state index contributed by atoms with van der Waals surface area (Å²) in [4.78, 5) is 14.1. The van der Waals surface area contributed by atoms with Crippen molar-refractivity contribution in [2.45, 2.75) is 18.8 Å². The van der Waals surface area contributed by atoms with Gasteiger partial charge in [0.25, 0.3) is 0 Å². The minimum Gasteiger partial charge on any atom is -0.493 e. The summed E-state index contributed by atoms with van der Waals surface area (Å²) >= 11 is 1.71. The Labute approximate surface area is 130 Å². The summed E-state index contributed by atoms with van der Waals surface area (Å²) in [5, 5.41) is 0. The maximum atomic E-state index is 12.1. The second-order valence-electron chi connectivity index (χ2n) is 5.15. The van der Waals surface area contributed by atoms with E-state index in [1.54, 1.807) is 26.0 Å². The molecule has 4 nitrogen and oxygen atoms in total. The summed E-state index contributed by atoms with van der Waals surface area (Å²) in [6, 6.07) is 5.95. The van der Waals surface area contributed by atoms with Crippen LogP contribution in [-0.2, 0) is 4.79 Å². The van der Waals surface area contributed by atoms with Crippen molar-refractivity contribution in [3.63, 3.8) is 0 Å². The third-order valence-corrected chi connectivity index (χ3v) is 4.55. The fourth-order valence-corrected chi connectivity index (χ4v) is 3.20. The van der Waals surface area contributed by atoms with Crippen LogP contribution < -0.4 is 9.47 Å². The highest BCUT2D eigenvalue weighted by atomic mass is 32.2. The largest absolute Gasteiger partial charge is 0.493 e. The van der Waals surface area contributed by atoms with Gasteiger partial charge in [0.15, 0.2) is 11.5 Å². The number of carbonyl (C=O) groups is 1. The van der Waals surface area contributed by atoms with Crippen molar-refractivity contribution in [3.8, 4) is 11.5 Å². The lowest BCUT2D eigenvalue weighted by Crippen LogP contribution is -2.28. The Morgan fingerprint density at radius 1 is 1.38 bits per heavy atom. The van der Waals surface area contributed by atoms with Gasteiger partial charge in [-0.25, -0.2) is 0 Å².